The Hall–Kier alpha value is -2.49. The number of carbonyl (C=O) groups excluding carboxylic acids is 1. The third-order valence-electron chi connectivity index (χ3n) is 4.37. The number of ether oxygens (including phenoxy) is 3. The van der Waals surface area contributed by atoms with Gasteiger partial charge in [-0.15, -0.1) is 0 Å². The van der Waals surface area contributed by atoms with Gasteiger partial charge in [-0.2, -0.15) is 4.31 Å². The van der Waals surface area contributed by atoms with Crippen molar-refractivity contribution in [2.75, 3.05) is 34.4 Å². The smallest absolute Gasteiger partial charge is 0.243 e. The highest BCUT2D eigenvalue weighted by Gasteiger charge is 2.26. The lowest BCUT2D eigenvalue weighted by Crippen LogP contribution is -2.40. The van der Waals surface area contributed by atoms with Crippen LogP contribution >= 0.6 is 11.6 Å². The molecule has 0 aliphatic carbocycles. The summed E-state index contributed by atoms with van der Waals surface area (Å²) in [6.07, 6.45) is 0. The van der Waals surface area contributed by atoms with Crippen LogP contribution in [0.4, 0.5) is 0 Å². The van der Waals surface area contributed by atoms with Crippen LogP contribution in [0.25, 0.3) is 0 Å². The molecule has 2 aromatic carbocycles. The number of nitrogens with one attached hydrogen (secondary N) is 1. The molecule has 164 valence electrons. The number of rotatable bonds is 10. The zero-order valence-electron chi connectivity index (χ0n) is 17.3. The van der Waals surface area contributed by atoms with Crippen molar-refractivity contribution in [1.29, 1.82) is 0 Å². The number of amides is 1. The van der Waals surface area contributed by atoms with Gasteiger partial charge in [0.05, 0.1) is 37.8 Å². The van der Waals surface area contributed by atoms with Gasteiger partial charge in [-0.05, 0) is 35.9 Å². The number of sulfonamides is 1. The lowest BCUT2D eigenvalue weighted by molar-refractivity contribution is -0.121. The molecule has 0 unspecified atom stereocenters. The Morgan fingerprint density at radius 2 is 1.63 bits per heavy atom. The van der Waals surface area contributed by atoms with E-state index in [1.54, 1.807) is 25.1 Å². The van der Waals surface area contributed by atoms with E-state index in [1.807, 2.05) is 0 Å². The van der Waals surface area contributed by atoms with Crippen molar-refractivity contribution in [3.8, 4) is 17.2 Å². The van der Waals surface area contributed by atoms with Crippen molar-refractivity contribution >= 4 is 27.5 Å². The van der Waals surface area contributed by atoms with Gasteiger partial charge in [-0.1, -0.05) is 24.6 Å². The predicted octanol–water partition coefficient (Wildman–Crippen LogP) is 2.69. The van der Waals surface area contributed by atoms with Crippen LogP contribution in [0.3, 0.4) is 0 Å². The van der Waals surface area contributed by atoms with Crippen LogP contribution in [-0.4, -0.2) is 53.0 Å². The lowest BCUT2D eigenvalue weighted by atomic mass is 10.2. The first kappa shape index (κ1) is 23.8. The van der Waals surface area contributed by atoms with Crippen LogP contribution in [-0.2, 0) is 21.4 Å². The number of carbonyl (C=O) groups is 1. The summed E-state index contributed by atoms with van der Waals surface area (Å²) in [5, 5.41) is 2.89. The number of methoxy groups -OCH3 is 3. The van der Waals surface area contributed by atoms with Crippen molar-refractivity contribution in [1.82, 2.24) is 9.62 Å². The lowest BCUT2D eigenvalue weighted by Gasteiger charge is -2.20. The molecule has 0 radical (unpaired) electrons. The van der Waals surface area contributed by atoms with Crippen LogP contribution in [0.1, 0.15) is 12.5 Å². The first-order valence-electron chi connectivity index (χ1n) is 9.08. The molecule has 0 saturated carbocycles. The summed E-state index contributed by atoms with van der Waals surface area (Å²) in [4.78, 5) is 12.4. The molecule has 0 saturated heterocycles. The Balaban J connectivity index is 2.07. The Bertz CT molecular complexity index is 997. The Morgan fingerprint density at radius 3 is 2.20 bits per heavy atom. The van der Waals surface area contributed by atoms with E-state index in [-0.39, 0.29) is 29.6 Å². The molecule has 0 spiro atoms. The molecular weight excluding hydrogens is 432 g/mol. The second-order valence-corrected chi connectivity index (χ2v) is 8.54. The first-order valence-corrected chi connectivity index (χ1v) is 10.9. The number of hydrogen-bond donors (Lipinski definition) is 1. The molecule has 1 amide bonds. The monoisotopic (exact) mass is 456 g/mol. The van der Waals surface area contributed by atoms with E-state index < -0.39 is 15.9 Å². The van der Waals surface area contributed by atoms with E-state index in [4.69, 9.17) is 25.8 Å². The van der Waals surface area contributed by atoms with Gasteiger partial charge in [0, 0.05) is 13.1 Å². The normalized spacial score (nSPS) is 11.3. The molecular formula is C20H25ClN2O6S. The Labute approximate surface area is 181 Å². The number of benzene rings is 2. The van der Waals surface area contributed by atoms with Crippen LogP contribution in [0.2, 0.25) is 5.02 Å². The van der Waals surface area contributed by atoms with Gasteiger partial charge in [0.15, 0.2) is 11.5 Å². The van der Waals surface area contributed by atoms with E-state index in [0.29, 0.717) is 17.2 Å². The molecule has 30 heavy (non-hydrogen) atoms. The number of nitrogens with zero attached hydrogens (tertiary/aromatic N) is 1. The number of likely N-dealkylation sites (N-methyl/N-ethyl adjacent to an activating group) is 1. The average Bonchev–Trinajstić information content (AvgIpc) is 2.75. The van der Waals surface area contributed by atoms with Crippen molar-refractivity contribution in [3.63, 3.8) is 0 Å². The maximum atomic E-state index is 12.9. The van der Waals surface area contributed by atoms with Gasteiger partial charge < -0.3 is 19.5 Å². The topological polar surface area (TPSA) is 94.2 Å². The minimum atomic E-state index is -3.90. The molecule has 2 rings (SSSR count). The molecule has 2 aromatic rings. The van der Waals surface area contributed by atoms with Crippen molar-refractivity contribution < 1.29 is 27.4 Å². The zero-order valence-corrected chi connectivity index (χ0v) is 18.8. The van der Waals surface area contributed by atoms with E-state index in [9.17, 15) is 13.2 Å². The van der Waals surface area contributed by atoms with Gasteiger partial charge in [-0.3, -0.25) is 4.79 Å². The predicted molar refractivity (Wildman–Crippen MR) is 114 cm³/mol. The molecule has 10 heteroatoms. The highest BCUT2D eigenvalue weighted by Crippen LogP contribution is 2.29. The van der Waals surface area contributed by atoms with Gasteiger partial charge in [0.25, 0.3) is 0 Å². The van der Waals surface area contributed by atoms with Gasteiger partial charge in [0.1, 0.15) is 5.75 Å². The molecule has 0 aliphatic heterocycles. The van der Waals surface area contributed by atoms with Gasteiger partial charge in [0.2, 0.25) is 15.9 Å². The minimum Gasteiger partial charge on any atom is -0.495 e. The fourth-order valence-electron chi connectivity index (χ4n) is 2.73. The van der Waals surface area contributed by atoms with Crippen molar-refractivity contribution in [3.05, 3.63) is 47.0 Å². The molecule has 1 N–H and O–H groups in total. The first-order chi connectivity index (χ1) is 14.3. The van der Waals surface area contributed by atoms with E-state index in [2.05, 4.69) is 5.32 Å². The summed E-state index contributed by atoms with van der Waals surface area (Å²) in [5.41, 5.74) is 0.786. The molecule has 0 aliphatic rings. The fraction of sp³-hybridized carbons (Fsp3) is 0.350. The van der Waals surface area contributed by atoms with Crippen LogP contribution < -0.4 is 19.5 Å². The van der Waals surface area contributed by atoms with Crippen LogP contribution in [0.15, 0.2) is 41.3 Å². The molecule has 0 aromatic heterocycles. The Kier molecular flexibility index (Phi) is 8.33. The Morgan fingerprint density at radius 1 is 1.00 bits per heavy atom. The standard InChI is InChI=1S/C20H25ClN2O6S/c1-5-23(30(25,26)15-7-9-17(27-2)16(21)11-15)13-20(24)22-12-14-6-8-18(28-3)19(10-14)29-4/h6-11H,5,12-13H2,1-4H3,(H,22,24). The third-order valence-corrected chi connectivity index (χ3v) is 6.58. The van der Waals surface area contributed by atoms with Crippen molar-refractivity contribution in [2.24, 2.45) is 0 Å². The van der Waals surface area contributed by atoms with E-state index >= 15 is 0 Å². The molecule has 0 fully saturated rings. The molecule has 0 bridgehead atoms. The number of halogens is 1. The quantitative estimate of drug-likeness (QED) is 0.590. The maximum Gasteiger partial charge on any atom is 0.243 e. The summed E-state index contributed by atoms with van der Waals surface area (Å²) in [7, 11) is 0.601. The van der Waals surface area contributed by atoms with E-state index in [1.165, 1.54) is 39.5 Å². The summed E-state index contributed by atoms with van der Waals surface area (Å²) in [6.45, 7) is 1.67. The highest BCUT2D eigenvalue weighted by molar-refractivity contribution is 7.89. The van der Waals surface area contributed by atoms with Gasteiger partial charge in [-0.25, -0.2) is 8.42 Å². The third kappa shape index (κ3) is 5.56. The summed E-state index contributed by atoms with van der Waals surface area (Å²) in [5.74, 6) is 1.05. The highest BCUT2D eigenvalue weighted by atomic mass is 35.5. The molecule has 8 nitrogen and oxygen atoms in total. The van der Waals surface area contributed by atoms with E-state index in [0.717, 1.165) is 9.87 Å². The van der Waals surface area contributed by atoms with Gasteiger partial charge >= 0.3 is 0 Å². The second kappa shape index (κ2) is 10.5. The maximum absolute atomic E-state index is 12.9. The minimum absolute atomic E-state index is 0.0113. The summed E-state index contributed by atoms with van der Waals surface area (Å²) in [6, 6.07) is 9.43. The SMILES string of the molecule is CCN(CC(=O)NCc1ccc(OC)c(OC)c1)S(=O)(=O)c1ccc(OC)c(Cl)c1. The fourth-order valence-corrected chi connectivity index (χ4v) is 4.49. The largest absolute Gasteiger partial charge is 0.495 e. The molecule has 0 atom stereocenters. The number of hydrogen-bond acceptors (Lipinski definition) is 6. The summed E-state index contributed by atoms with van der Waals surface area (Å²) < 4.78 is 42.3. The zero-order chi connectivity index (χ0) is 22.3. The van der Waals surface area contributed by atoms with Crippen LogP contribution in [0.5, 0.6) is 17.2 Å². The summed E-state index contributed by atoms with van der Waals surface area (Å²) >= 11 is 6.05. The molecule has 0 heterocycles. The second-order valence-electron chi connectivity index (χ2n) is 6.19. The van der Waals surface area contributed by atoms with Crippen molar-refractivity contribution in [2.45, 2.75) is 18.4 Å². The average molecular weight is 457 g/mol. The van der Waals surface area contributed by atoms with Crippen LogP contribution in [0, 0.1) is 0 Å².